The molecule has 0 radical (unpaired) electrons. The molecule has 0 atom stereocenters. The summed E-state index contributed by atoms with van der Waals surface area (Å²) in [6, 6.07) is 26.8. The Labute approximate surface area is 230 Å². The first kappa shape index (κ1) is 24.7. The Bertz CT molecular complexity index is 1840. The fraction of sp³-hybridized carbons (Fsp3) is 0.0645. The van der Waals surface area contributed by atoms with Crippen LogP contribution >= 0.6 is 0 Å². The number of aromatic nitrogens is 4. The molecular formula is C31H27N7O2. The Morgan fingerprint density at radius 2 is 1.82 bits per heavy atom. The molecule has 0 saturated heterocycles. The minimum absolute atomic E-state index is 0.140. The van der Waals surface area contributed by atoms with Crippen LogP contribution in [0, 0.1) is 6.92 Å². The first-order chi connectivity index (χ1) is 19.5. The van der Waals surface area contributed by atoms with Crippen molar-refractivity contribution in [2.45, 2.75) is 13.5 Å². The number of nitrogens with one attached hydrogen (secondary N) is 2. The van der Waals surface area contributed by atoms with Crippen LogP contribution in [0.5, 0.6) is 5.75 Å². The number of fused-ring (bicyclic) bond motifs is 1. The van der Waals surface area contributed by atoms with Crippen molar-refractivity contribution in [3.8, 4) is 28.3 Å². The molecule has 0 aliphatic heterocycles. The number of anilines is 3. The summed E-state index contributed by atoms with van der Waals surface area (Å²) in [4.78, 5) is 4.63. The average molecular weight is 530 g/mol. The van der Waals surface area contributed by atoms with Crippen molar-refractivity contribution in [2.75, 3.05) is 16.4 Å². The van der Waals surface area contributed by atoms with E-state index in [1.54, 1.807) is 22.8 Å². The van der Waals surface area contributed by atoms with Crippen molar-refractivity contribution in [1.29, 1.82) is 0 Å². The molecule has 40 heavy (non-hydrogen) atoms. The fourth-order valence-corrected chi connectivity index (χ4v) is 4.64. The topological polar surface area (TPSA) is 127 Å². The Kier molecular flexibility index (Phi) is 6.37. The predicted octanol–water partition coefficient (Wildman–Crippen LogP) is 6.34. The number of nitrogens with two attached hydrogens (primary N) is 1. The molecule has 5 N–H and O–H groups in total. The zero-order valence-electron chi connectivity index (χ0n) is 21.8. The molecule has 0 unspecified atom stereocenters. The normalized spacial score (nSPS) is 11.0. The third-order valence-corrected chi connectivity index (χ3v) is 6.59. The quantitative estimate of drug-likeness (QED) is 0.180. The van der Waals surface area contributed by atoms with Crippen molar-refractivity contribution < 1.29 is 9.63 Å². The number of para-hydroxylation sites is 1. The number of benzene rings is 3. The van der Waals surface area contributed by atoms with E-state index in [1.807, 2.05) is 79.7 Å². The summed E-state index contributed by atoms with van der Waals surface area (Å²) < 4.78 is 7.16. The summed E-state index contributed by atoms with van der Waals surface area (Å²) in [5.74, 6) is 1.52. The molecule has 0 aliphatic carbocycles. The van der Waals surface area contributed by atoms with Crippen molar-refractivity contribution in [2.24, 2.45) is 0 Å². The van der Waals surface area contributed by atoms with Crippen LogP contribution in [0.15, 0.2) is 102 Å². The first-order valence-electron chi connectivity index (χ1n) is 12.7. The van der Waals surface area contributed by atoms with E-state index in [1.165, 1.54) is 0 Å². The van der Waals surface area contributed by atoms with E-state index in [4.69, 9.17) is 10.3 Å². The second-order valence-corrected chi connectivity index (χ2v) is 9.36. The second kappa shape index (κ2) is 10.3. The van der Waals surface area contributed by atoms with Crippen LogP contribution in [0.3, 0.4) is 0 Å². The van der Waals surface area contributed by atoms with E-state index in [0.717, 1.165) is 28.1 Å². The molecule has 9 nitrogen and oxygen atoms in total. The summed E-state index contributed by atoms with van der Waals surface area (Å²) >= 11 is 0. The number of aryl methyl sites for hydroxylation is 1. The van der Waals surface area contributed by atoms with Crippen molar-refractivity contribution in [3.63, 3.8) is 0 Å². The molecule has 0 saturated carbocycles. The van der Waals surface area contributed by atoms with Gasteiger partial charge in [0, 0.05) is 35.1 Å². The van der Waals surface area contributed by atoms with Crippen molar-refractivity contribution >= 4 is 28.5 Å². The van der Waals surface area contributed by atoms with Crippen LogP contribution in [-0.2, 0) is 6.54 Å². The summed E-state index contributed by atoms with van der Waals surface area (Å²) in [7, 11) is 0. The third kappa shape index (κ3) is 4.71. The number of hydrogen-bond donors (Lipinski definition) is 4. The molecule has 3 aromatic carbocycles. The molecule has 0 amide bonds. The number of phenols is 1. The number of aromatic hydroxyl groups is 1. The monoisotopic (exact) mass is 529 g/mol. The fourth-order valence-electron chi connectivity index (χ4n) is 4.64. The van der Waals surface area contributed by atoms with Crippen molar-refractivity contribution in [3.05, 3.63) is 115 Å². The zero-order valence-corrected chi connectivity index (χ0v) is 21.8. The van der Waals surface area contributed by atoms with Gasteiger partial charge >= 0.3 is 0 Å². The summed E-state index contributed by atoms with van der Waals surface area (Å²) in [6.45, 7) is 6.65. The lowest BCUT2D eigenvalue weighted by atomic mass is 10.0. The zero-order chi connectivity index (χ0) is 27.6. The first-order valence-corrected chi connectivity index (χ1v) is 12.7. The van der Waals surface area contributed by atoms with Gasteiger partial charge in [-0.3, -0.25) is 0 Å². The number of hydrogen-bond acceptors (Lipinski definition) is 8. The van der Waals surface area contributed by atoms with Gasteiger partial charge in [-0.05, 0) is 36.8 Å². The Hall–Kier alpha value is -5.57. The van der Waals surface area contributed by atoms with Crippen LogP contribution in [0.1, 0.15) is 16.9 Å². The van der Waals surface area contributed by atoms with E-state index < -0.39 is 0 Å². The number of nitrogens with zero attached hydrogens (tertiary/aromatic N) is 4. The highest BCUT2D eigenvalue weighted by Crippen LogP contribution is 2.32. The predicted molar refractivity (Wildman–Crippen MR) is 158 cm³/mol. The standard InChI is InChI=1S/C31H27N7O2/c1-19(29-20(2)40-37-30(29)22-10-4-3-5-11-22)35-23-12-8-9-21(15-23)17-33-28-16-26(24-13-6-7-14-27(24)39)36-31-25(32)18-34-38(28)31/h3-16,18,33,35,39H,1,17,32H2,2H3. The van der Waals surface area contributed by atoms with Gasteiger partial charge in [-0.1, -0.05) is 66.3 Å². The van der Waals surface area contributed by atoms with Crippen molar-refractivity contribution in [1.82, 2.24) is 19.8 Å². The number of rotatable bonds is 8. The van der Waals surface area contributed by atoms with Gasteiger partial charge in [0.05, 0.1) is 23.1 Å². The minimum atomic E-state index is 0.140. The molecule has 3 aromatic heterocycles. The van der Waals surface area contributed by atoms with Gasteiger partial charge in [-0.2, -0.15) is 9.61 Å². The molecule has 0 fully saturated rings. The lowest BCUT2D eigenvalue weighted by Crippen LogP contribution is -2.07. The van der Waals surface area contributed by atoms with E-state index in [2.05, 4.69) is 32.5 Å². The Morgan fingerprint density at radius 1 is 1.02 bits per heavy atom. The van der Waals surface area contributed by atoms with Crippen LogP contribution < -0.4 is 16.4 Å². The molecule has 0 bridgehead atoms. The van der Waals surface area contributed by atoms with Crippen LogP contribution in [0.2, 0.25) is 0 Å². The maximum absolute atomic E-state index is 10.4. The van der Waals surface area contributed by atoms with Crippen LogP contribution in [-0.4, -0.2) is 24.9 Å². The highest BCUT2D eigenvalue weighted by atomic mass is 16.5. The summed E-state index contributed by atoms with van der Waals surface area (Å²) in [5, 5.41) is 25.9. The molecule has 0 aliphatic rings. The highest BCUT2D eigenvalue weighted by molar-refractivity contribution is 5.84. The van der Waals surface area contributed by atoms with Gasteiger partial charge in [0.15, 0.2) is 5.65 Å². The molecule has 6 rings (SSSR count). The SMILES string of the molecule is C=C(Nc1cccc(CNc2cc(-c3ccccc3O)nc3c(N)cnn23)c1)c1c(-c2ccccc2)noc1C. The summed E-state index contributed by atoms with van der Waals surface area (Å²) in [5.41, 5.74) is 13.4. The van der Waals surface area contributed by atoms with Crippen LogP contribution in [0.25, 0.3) is 33.9 Å². The second-order valence-electron chi connectivity index (χ2n) is 9.36. The minimum Gasteiger partial charge on any atom is -0.507 e. The van der Waals surface area contributed by atoms with Crippen LogP contribution in [0.4, 0.5) is 17.2 Å². The number of phenolic OH excluding ortho intramolecular Hbond substituents is 1. The largest absolute Gasteiger partial charge is 0.507 e. The maximum Gasteiger partial charge on any atom is 0.181 e. The van der Waals surface area contributed by atoms with E-state index in [0.29, 0.717) is 46.4 Å². The molecular weight excluding hydrogens is 502 g/mol. The van der Waals surface area contributed by atoms with Gasteiger partial charge in [0.1, 0.15) is 23.0 Å². The Morgan fingerprint density at radius 3 is 2.65 bits per heavy atom. The van der Waals surface area contributed by atoms with Gasteiger partial charge in [0.25, 0.3) is 0 Å². The van der Waals surface area contributed by atoms with E-state index in [-0.39, 0.29) is 5.75 Å². The molecule has 3 heterocycles. The maximum atomic E-state index is 10.4. The number of nitrogen functional groups attached to an aromatic ring is 1. The lowest BCUT2D eigenvalue weighted by molar-refractivity contribution is 0.399. The molecule has 0 spiro atoms. The average Bonchev–Trinajstić information content (AvgIpc) is 3.55. The smallest absolute Gasteiger partial charge is 0.181 e. The third-order valence-electron chi connectivity index (χ3n) is 6.59. The van der Waals surface area contributed by atoms with Gasteiger partial charge in [0.2, 0.25) is 0 Å². The Balaban J connectivity index is 1.24. The summed E-state index contributed by atoms with van der Waals surface area (Å²) in [6.07, 6.45) is 1.56. The molecule has 6 aromatic rings. The lowest BCUT2D eigenvalue weighted by Gasteiger charge is -2.14. The molecule has 198 valence electrons. The van der Waals surface area contributed by atoms with Gasteiger partial charge in [-0.25, -0.2) is 4.98 Å². The van der Waals surface area contributed by atoms with Gasteiger partial charge in [-0.15, -0.1) is 0 Å². The molecule has 9 heteroatoms. The highest BCUT2D eigenvalue weighted by Gasteiger charge is 2.18. The van der Waals surface area contributed by atoms with Gasteiger partial charge < -0.3 is 26.0 Å². The van der Waals surface area contributed by atoms with E-state index >= 15 is 0 Å². The van der Waals surface area contributed by atoms with E-state index in [9.17, 15) is 5.11 Å².